The smallest absolute Gasteiger partial charge is 0.495 e. The average molecular weight is 417 g/mol. The number of hydrogen-bond donors (Lipinski definition) is 1. The Morgan fingerprint density at radius 3 is 2.36 bits per heavy atom. The minimum Gasteiger partial charge on any atom is -0.495 e. The molecule has 0 aliphatic rings. The Hall–Kier alpha value is -2.94. The normalized spacial score (nSPS) is 10.9. The SMILES string of the molecule is COc1ccc(Cl)cc1NC(=O)CN(C)C(=O)c1ccc(OC(F)(F)F)cc1. The molecule has 0 fully saturated rings. The molecule has 28 heavy (non-hydrogen) atoms. The van der Waals surface area contributed by atoms with Gasteiger partial charge in [-0.15, -0.1) is 13.2 Å². The van der Waals surface area contributed by atoms with Gasteiger partial charge in [0, 0.05) is 17.6 Å². The molecule has 0 atom stereocenters. The van der Waals surface area contributed by atoms with Gasteiger partial charge in [-0.1, -0.05) is 11.6 Å². The molecular weight excluding hydrogens is 401 g/mol. The molecule has 0 aromatic heterocycles. The van der Waals surface area contributed by atoms with Crippen LogP contribution in [0.25, 0.3) is 0 Å². The molecule has 0 saturated heterocycles. The summed E-state index contributed by atoms with van der Waals surface area (Å²) in [6, 6.07) is 9.07. The number of alkyl halides is 3. The molecular formula is C18H16ClF3N2O4. The molecule has 0 radical (unpaired) electrons. The standard InChI is InChI=1S/C18H16ClF3N2O4/c1-24(10-16(25)23-14-9-12(19)5-8-15(14)27-2)17(26)11-3-6-13(7-4-11)28-18(20,21)22/h3-9H,10H2,1-2H3,(H,23,25). The van der Waals surface area contributed by atoms with Crippen molar-refractivity contribution in [3.8, 4) is 11.5 Å². The molecule has 6 nitrogen and oxygen atoms in total. The van der Waals surface area contributed by atoms with E-state index in [0.29, 0.717) is 16.5 Å². The second-order valence-electron chi connectivity index (χ2n) is 5.63. The monoisotopic (exact) mass is 416 g/mol. The number of likely N-dealkylation sites (N-methyl/N-ethyl adjacent to an activating group) is 1. The molecule has 1 N–H and O–H groups in total. The summed E-state index contributed by atoms with van der Waals surface area (Å²) in [6.07, 6.45) is -4.82. The fourth-order valence-corrected chi connectivity index (χ4v) is 2.45. The van der Waals surface area contributed by atoms with Gasteiger partial charge in [0.2, 0.25) is 5.91 Å². The van der Waals surface area contributed by atoms with E-state index in [1.54, 1.807) is 12.1 Å². The molecule has 0 unspecified atom stereocenters. The number of hydrogen-bond acceptors (Lipinski definition) is 4. The molecule has 150 valence electrons. The van der Waals surface area contributed by atoms with E-state index < -0.39 is 23.9 Å². The lowest BCUT2D eigenvalue weighted by Gasteiger charge is -2.18. The van der Waals surface area contributed by atoms with Gasteiger partial charge in [-0.05, 0) is 42.5 Å². The Morgan fingerprint density at radius 2 is 1.79 bits per heavy atom. The molecule has 2 rings (SSSR count). The maximum Gasteiger partial charge on any atom is 0.573 e. The van der Waals surface area contributed by atoms with Gasteiger partial charge in [0.05, 0.1) is 19.3 Å². The third kappa shape index (κ3) is 6.05. The fraction of sp³-hybridized carbons (Fsp3) is 0.222. The van der Waals surface area contributed by atoms with Crippen LogP contribution in [0.1, 0.15) is 10.4 Å². The fourth-order valence-electron chi connectivity index (χ4n) is 2.27. The second kappa shape index (κ2) is 8.83. The first-order chi connectivity index (χ1) is 13.1. The van der Waals surface area contributed by atoms with Gasteiger partial charge in [-0.2, -0.15) is 0 Å². The number of methoxy groups -OCH3 is 1. The van der Waals surface area contributed by atoms with E-state index in [1.165, 1.54) is 32.4 Å². The maximum atomic E-state index is 12.3. The van der Waals surface area contributed by atoms with Crippen molar-refractivity contribution < 1.29 is 32.2 Å². The Balaban J connectivity index is 2.00. The molecule has 0 spiro atoms. The van der Waals surface area contributed by atoms with E-state index in [0.717, 1.165) is 17.0 Å². The second-order valence-corrected chi connectivity index (χ2v) is 6.06. The summed E-state index contributed by atoms with van der Waals surface area (Å²) in [7, 11) is 2.82. The van der Waals surface area contributed by atoms with Crippen molar-refractivity contribution in [2.24, 2.45) is 0 Å². The highest BCUT2D eigenvalue weighted by atomic mass is 35.5. The number of halogens is 4. The van der Waals surface area contributed by atoms with Crippen LogP contribution in [0, 0.1) is 0 Å². The molecule has 0 bridgehead atoms. The number of benzene rings is 2. The quantitative estimate of drug-likeness (QED) is 0.774. The van der Waals surface area contributed by atoms with Crippen LogP contribution in [0.5, 0.6) is 11.5 Å². The van der Waals surface area contributed by atoms with Crippen molar-refractivity contribution in [1.82, 2.24) is 4.90 Å². The Kier molecular flexibility index (Phi) is 6.74. The summed E-state index contributed by atoms with van der Waals surface area (Å²) < 4.78 is 45.4. The molecule has 2 aromatic carbocycles. The number of carbonyl (C=O) groups excluding carboxylic acids is 2. The van der Waals surface area contributed by atoms with E-state index in [2.05, 4.69) is 10.1 Å². The van der Waals surface area contributed by atoms with Crippen LogP contribution < -0.4 is 14.8 Å². The summed E-state index contributed by atoms with van der Waals surface area (Å²) in [5.74, 6) is -1.11. The van der Waals surface area contributed by atoms with Gasteiger partial charge in [0.15, 0.2) is 0 Å². The number of nitrogens with one attached hydrogen (secondary N) is 1. The number of anilines is 1. The highest BCUT2D eigenvalue weighted by Gasteiger charge is 2.31. The Labute approximate surface area is 163 Å². The Bertz CT molecular complexity index is 857. The topological polar surface area (TPSA) is 67.9 Å². The van der Waals surface area contributed by atoms with Crippen molar-refractivity contribution in [1.29, 1.82) is 0 Å². The maximum absolute atomic E-state index is 12.3. The van der Waals surface area contributed by atoms with Crippen LogP contribution in [-0.2, 0) is 4.79 Å². The molecule has 0 saturated carbocycles. The van der Waals surface area contributed by atoms with E-state index in [-0.39, 0.29) is 12.1 Å². The van der Waals surface area contributed by atoms with E-state index in [9.17, 15) is 22.8 Å². The van der Waals surface area contributed by atoms with E-state index in [1.807, 2.05) is 0 Å². The largest absolute Gasteiger partial charge is 0.573 e. The number of rotatable bonds is 6. The zero-order valence-corrected chi connectivity index (χ0v) is 15.6. The molecule has 2 aromatic rings. The highest BCUT2D eigenvalue weighted by Crippen LogP contribution is 2.27. The summed E-state index contributed by atoms with van der Waals surface area (Å²) in [6.45, 7) is -0.296. The van der Waals surface area contributed by atoms with Crippen LogP contribution in [-0.4, -0.2) is 43.8 Å². The highest BCUT2D eigenvalue weighted by molar-refractivity contribution is 6.31. The van der Waals surface area contributed by atoms with Gasteiger partial charge >= 0.3 is 6.36 Å². The van der Waals surface area contributed by atoms with Crippen molar-refractivity contribution in [3.05, 3.63) is 53.1 Å². The molecule has 0 heterocycles. The molecule has 2 amide bonds. The van der Waals surface area contributed by atoms with Crippen LogP contribution in [0.3, 0.4) is 0 Å². The Morgan fingerprint density at radius 1 is 1.14 bits per heavy atom. The number of amides is 2. The number of carbonyl (C=O) groups is 2. The van der Waals surface area contributed by atoms with Gasteiger partial charge in [0.25, 0.3) is 5.91 Å². The summed E-state index contributed by atoms with van der Waals surface area (Å²) >= 11 is 5.89. The van der Waals surface area contributed by atoms with Crippen molar-refractivity contribution in [2.75, 3.05) is 26.0 Å². The lowest BCUT2D eigenvalue weighted by atomic mass is 10.2. The van der Waals surface area contributed by atoms with E-state index >= 15 is 0 Å². The molecule has 0 aliphatic heterocycles. The first-order valence-electron chi connectivity index (χ1n) is 7.83. The van der Waals surface area contributed by atoms with Gasteiger partial charge < -0.3 is 19.7 Å². The first-order valence-corrected chi connectivity index (χ1v) is 8.21. The molecule has 10 heteroatoms. The lowest BCUT2D eigenvalue weighted by Crippen LogP contribution is -2.35. The van der Waals surface area contributed by atoms with Crippen molar-refractivity contribution in [3.63, 3.8) is 0 Å². The average Bonchev–Trinajstić information content (AvgIpc) is 2.60. The van der Waals surface area contributed by atoms with Crippen molar-refractivity contribution >= 4 is 29.1 Å². The van der Waals surface area contributed by atoms with Gasteiger partial charge in [0.1, 0.15) is 11.5 Å². The van der Waals surface area contributed by atoms with Crippen LogP contribution >= 0.6 is 11.6 Å². The minimum absolute atomic E-state index is 0.102. The van der Waals surface area contributed by atoms with Gasteiger partial charge in [-0.25, -0.2) is 0 Å². The van der Waals surface area contributed by atoms with Crippen LogP contribution in [0.2, 0.25) is 5.02 Å². The molecule has 0 aliphatic carbocycles. The zero-order chi connectivity index (χ0) is 20.9. The zero-order valence-electron chi connectivity index (χ0n) is 14.8. The lowest BCUT2D eigenvalue weighted by molar-refractivity contribution is -0.274. The van der Waals surface area contributed by atoms with E-state index in [4.69, 9.17) is 16.3 Å². The van der Waals surface area contributed by atoms with Crippen LogP contribution in [0.15, 0.2) is 42.5 Å². The third-order valence-corrected chi connectivity index (χ3v) is 3.73. The number of ether oxygens (including phenoxy) is 2. The predicted octanol–water partition coefficient (Wildman–Crippen LogP) is 3.96. The van der Waals surface area contributed by atoms with Crippen molar-refractivity contribution in [2.45, 2.75) is 6.36 Å². The number of nitrogens with zero attached hydrogens (tertiary/aromatic N) is 1. The summed E-state index contributed by atoms with van der Waals surface area (Å²) in [5, 5.41) is 2.98. The summed E-state index contributed by atoms with van der Waals surface area (Å²) in [4.78, 5) is 25.7. The third-order valence-electron chi connectivity index (χ3n) is 3.50. The van der Waals surface area contributed by atoms with Gasteiger partial charge in [-0.3, -0.25) is 9.59 Å². The van der Waals surface area contributed by atoms with Crippen LogP contribution in [0.4, 0.5) is 18.9 Å². The first kappa shape index (κ1) is 21.4. The summed E-state index contributed by atoms with van der Waals surface area (Å²) in [5.41, 5.74) is 0.444. The minimum atomic E-state index is -4.82. The predicted molar refractivity (Wildman–Crippen MR) is 96.7 cm³/mol.